The van der Waals surface area contributed by atoms with Gasteiger partial charge in [0.05, 0.1) is 5.52 Å². The summed E-state index contributed by atoms with van der Waals surface area (Å²) in [7, 11) is 0. The van der Waals surface area contributed by atoms with Gasteiger partial charge in [0.25, 0.3) is 0 Å². The summed E-state index contributed by atoms with van der Waals surface area (Å²) >= 11 is 0. The van der Waals surface area contributed by atoms with Crippen LogP contribution >= 0.6 is 0 Å². The highest BCUT2D eigenvalue weighted by Crippen LogP contribution is 2.22. The van der Waals surface area contributed by atoms with Crippen molar-refractivity contribution >= 4 is 28.6 Å². The van der Waals surface area contributed by atoms with Gasteiger partial charge >= 0.3 is 0 Å². The van der Waals surface area contributed by atoms with Crippen molar-refractivity contribution in [1.82, 2.24) is 19.9 Å². The van der Waals surface area contributed by atoms with Crippen molar-refractivity contribution in [2.45, 2.75) is 13.8 Å². The van der Waals surface area contributed by atoms with Gasteiger partial charge in [0.1, 0.15) is 5.82 Å². The predicted molar refractivity (Wildman–Crippen MR) is 99.9 cm³/mol. The van der Waals surface area contributed by atoms with Crippen LogP contribution in [0.4, 0.5) is 17.7 Å². The average Bonchev–Trinajstić information content (AvgIpc) is 2.61. The highest BCUT2D eigenvalue weighted by atomic mass is 15.4. The summed E-state index contributed by atoms with van der Waals surface area (Å²) < 4.78 is 0. The van der Waals surface area contributed by atoms with Gasteiger partial charge in [-0.3, -0.25) is 0 Å². The minimum Gasteiger partial charge on any atom is -0.383 e. The first-order valence-electron chi connectivity index (χ1n) is 8.44. The van der Waals surface area contributed by atoms with E-state index in [0.717, 1.165) is 54.4 Å². The van der Waals surface area contributed by atoms with E-state index in [-0.39, 0.29) is 0 Å². The maximum absolute atomic E-state index is 6.11. The SMILES string of the molecule is Cc1cc(C)nc(N2CCN(c3nc(N)c4ccccc4n3)CC2)n1. The van der Waals surface area contributed by atoms with Crippen LogP contribution in [0.3, 0.4) is 0 Å². The molecule has 0 atom stereocenters. The lowest BCUT2D eigenvalue weighted by atomic mass is 10.2. The fourth-order valence-electron chi connectivity index (χ4n) is 3.19. The first-order valence-corrected chi connectivity index (χ1v) is 8.44. The van der Waals surface area contributed by atoms with E-state index in [0.29, 0.717) is 11.8 Å². The van der Waals surface area contributed by atoms with Crippen LogP contribution in [0, 0.1) is 13.8 Å². The number of benzene rings is 1. The van der Waals surface area contributed by atoms with Gasteiger partial charge in [0, 0.05) is 43.0 Å². The summed E-state index contributed by atoms with van der Waals surface area (Å²) in [6.45, 7) is 7.29. The number of anilines is 3. The van der Waals surface area contributed by atoms with Gasteiger partial charge in [-0.15, -0.1) is 0 Å². The maximum atomic E-state index is 6.11. The smallest absolute Gasteiger partial charge is 0.228 e. The minimum absolute atomic E-state index is 0.528. The zero-order valence-corrected chi connectivity index (χ0v) is 14.5. The fourth-order valence-corrected chi connectivity index (χ4v) is 3.19. The number of rotatable bonds is 2. The summed E-state index contributed by atoms with van der Waals surface area (Å²) in [6.07, 6.45) is 0. The molecule has 3 heterocycles. The second-order valence-electron chi connectivity index (χ2n) is 6.35. The van der Waals surface area contributed by atoms with Crippen LogP contribution < -0.4 is 15.5 Å². The second kappa shape index (κ2) is 6.16. The average molecular weight is 335 g/mol. The normalized spacial score (nSPS) is 15.0. The van der Waals surface area contributed by atoms with Gasteiger partial charge in [-0.25, -0.2) is 15.0 Å². The first kappa shape index (κ1) is 15.6. The Bertz CT molecular complexity index is 896. The number of para-hydroxylation sites is 1. The number of nitrogen functional groups attached to an aromatic ring is 1. The summed E-state index contributed by atoms with van der Waals surface area (Å²) in [6, 6.07) is 9.82. The van der Waals surface area contributed by atoms with Crippen molar-refractivity contribution in [2.24, 2.45) is 0 Å². The van der Waals surface area contributed by atoms with E-state index in [9.17, 15) is 0 Å². The summed E-state index contributed by atoms with van der Waals surface area (Å²) in [5, 5.41) is 0.897. The number of fused-ring (bicyclic) bond motifs is 1. The Morgan fingerprint density at radius 2 is 1.36 bits per heavy atom. The molecule has 0 saturated carbocycles. The molecular formula is C18H21N7. The molecule has 4 rings (SSSR count). The zero-order chi connectivity index (χ0) is 17.4. The molecule has 1 aliphatic heterocycles. The molecule has 0 spiro atoms. The van der Waals surface area contributed by atoms with Crippen LogP contribution in [0.15, 0.2) is 30.3 Å². The Labute approximate surface area is 146 Å². The second-order valence-corrected chi connectivity index (χ2v) is 6.35. The quantitative estimate of drug-likeness (QED) is 0.766. The van der Waals surface area contributed by atoms with E-state index >= 15 is 0 Å². The van der Waals surface area contributed by atoms with Gasteiger partial charge in [0.2, 0.25) is 11.9 Å². The summed E-state index contributed by atoms with van der Waals surface area (Å²) in [5.74, 6) is 2.02. The van der Waals surface area contributed by atoms with Gasteiger partial charge < -0.3 is 15.5 Å². The Morgan fingerprint density at radius 3 is 2.00 bits per heavy atom. The monoisotopic (exact) mass is 335 g/mol. The van der Waals surface area contributed by atoms with Crippen LogP contribution in [0.1, 0.15) is 11.4 Å². The highest BCUT2D eigenvalue weighted by Gasteiger charge is 2.22. The Kier molecular flexibility index (Phi) is 3.83. The van der Waals surface area contributed by atoms with E-state index in [1.807, 2.05) is 44.2 Å². The van der Waals surface area contributed by atoms with Crippen molar-refractivity contribution < 1.29 is 0 Å². The van der Waals surface area contributed by atoms with Crippen LogP contribution in [0.25, 0.3) is 10.9 Å². The van der Waals surface area contributed by atoms with Gasteiger partial charge in [-0.2, -0.15) is 4.98 Å². The van der Waals surface area contributed by atoms with Crippen molar-refractivity contribution in [2.75, 3.05) is 41.7 Å². The molecule has 0 amide bonds. The molecule has 0 bridgehead atoms. The van der Waals surface area contributed by atoms with Crippen molar-refractivity contribution in [3.8, 4) is 0 Å². The minimum atomic E-state index is 0.528. The number of aromatic nitrogens is 4. The highest BCUT2D eigenvalue weighted by molar-refractivity contribution is 5.88. The van der Waals surface area contributed by atoms with E-state index < -0.39 is 0 Å². The van der Waals surface area contributed by atoms with E-state index in [1.54, 1.807) is 0 Å². The largest absolute Gasteiger partial charge is 0.383 e. The molecule has 2 N–H and O–H groups in total. The lowest BCUT2D eigenvalue weighted by Gasteiger charge is -2.35. The fraction of sp³-hybridized carbons (Fsp3) is 0.333. The molecule has 3 aromatic rings. The first-order chi connectivity index (χ1) is 12.1. The third kappa shape index (κ3) is 3.05. The van der Waals surface area contributed by atoms with Gasteiger partial charge in [-0.05, 0) is 32.0 Å². The molecule has 128 valence electrons. The molecular weight excluding hydrogens is 314 g/mol. The Balaban J connectivity index is 1.54. The van der Waals surface area contributed by atoms with Gasteiger partial charge in [0.15, 0.2) is 0 Å². The lowest BCUT2D eigenvalue weighted by Crippen LogP contribution is -2.47. The molecule has 7 heteroatoms. The standard InChI is InChI=1S/C18H21N7/c1-12-11-13(2)21-17(20-12)24-7-9-25(10-8-24)18-22-15-6-4-3-5-14(15)16(19)23-18/h3-6,11H,7-10H2,1-2H3,(H2,19,22,23). The molecule has 0 aliphatic carbocycles. The van der Waals surface area contributed by atoms with Gasteiger partial charge in [-0.1, -0.05) is 12.1 Å². The van der Waals surface area contributed by atoms with Crippen LogP contribution in [0.5, 0.6) is 0 Å². The Hall–Kier alpha value is -2.96. The molecule has 7 nitrogen and oxygen atoms in total. The van der Waals surface area contributed by atoms with Crippen LogP contribution in [-0.4, -0.2) is 46.1 Å². The molecule has 0 unspecified atom stereocenters. The topological polar surface area (TPSA) is 84.1 Å². The zero-order valence-electron chi connectivity index (χ0n) is 14.5. The molecule has 25 heavy (non-hydrogen) atoms. The third-order valence-corrected chi connectivity index (χ3v) is 4.44. The third-order valence-electron chi connectivity index (χ3n) is 4.44. The van der Waals surface area contributed by atoms with Crippen molar-refractivity contribution in [3.63, 3.8) is 0 Å². The molecule has 0 radical (unpaired) electrons. The number of piperazine rings is 1. The Morgan fingerprint density at radius 1 is 0.800 bits per heavy atom. The van der Waals surface area contributed by atoms with E-state index in [2.05, 4.69) is 29.7 Å². The molecule has 2 aromatic heterocycles. The van der Waals surface area contributed by atoms with Crippen LogP contribution in [0.2, 0.25) is 0 Å². The number of nitrogens with two attached hydrogens (primary N) is 1. The predicted octanol–water partition coefficient (Wildman–Crippen LogP) is 1.95. The maximum Gasteiger partial charge on any atom is 0.228 e. The molecule has 1 saturated heterocycles. The lowest BCUT2D eigenvalue weighted by molar-refractivity contribution is 0.627. The number of nitrogens with zero attached hydrogens (tertiary/aromatic N) is 6. The summed E-state index contributed by atoms with van der Waals surface area (Å²) in [5.41, 5.74) is 8.98. The molecule has 1 aromatic carbocycles. The molecule has 1 aliphatic rings. The van der Waals surface area contributed by atoms with Crippen LogP contribution in [-0.2, 0) is 0 Å². The summed E-state index contributed by atoms with van der Waals surface area (Å²) in [4.78, 5) is 22.7. The molecule has 1 fully saturated rings. The number of hydrogen-bond donors (Lipinski definition) is 1. The number of hydrogen-bond acceptors (Lipinski definition) is 7. The van der Waals surface area contributed by atoms with Crippen molar-refractivity contribution in [1.29, 1.82) is 0 Å². The van der Waals surface area contributed by atoms with E-state index in [4.69, 9.17) is 5.73 Å². The van der Waals surface area contributed by atoms with Crippen molar-refractivity contribution in [3.05, 3.63) is 41.7 Å². The number of aryl methyl sites for hydroxylation is 2. The van der Waals surface area contributed by atoms with E-state index in [1.165, 1.54) is 0 Å².